The van der Waals surface area contributed by atoms with E-state index < -0.39 is 0 Å². The van der Waals surface area contributed by atoms with Crippen molar-refractivity contribution in [1.82, 2.24) is 5.32 Å². The van der Waals surface area contributed by atoms with Crippen LogP contribution < -0.4 is 10.1 Å². The lowest BCUT2D eigenvalue weighted by molar-refractivity contribution is 0.131. The first-order chi connectivity index (χ1) is 9.83. The molecule has 3 heteroatoms. The number of ether oxygens (including phenoxy) is 2. The molecule has 1 aliphatic rings. The lowest BCUT2D eigenvalue weighted by atomic mass is 9.88. The highest BCUT2D eigenvalue weighted by Crippen LogP contribution is 2.25. The molecule has 0 amide bonds. The van der Waals surface area contributed by atoms with Crippen molar-refractivity contribution in [2.45, 2.75) is 45.1 Å². The molecule has 0 aromatic heterocycles. The summed E-state index contributed by atoms with van der Waals surface area (Å²) in [5.41, 5.74) is 2.92. The van der Waals surface area contributed by atoms with Crippen LogP contribution in [0.2, 0.25) is 0 Å². The van der Waals surface area contributed by atoms with E-state index in [1.807, 2.05) is 0 Å². The molecule has 1 unspecified atom stereocenters. The molecule has 1 aliphatic carbocycles. The molecule has 0 radical (unpaired) electrons. The summed E-state index contributed by atoms with van der Waals surface area (Å²) >= 11 is 0. The van der Waals surface area contributed by atoms with Gasteiger partial charge in [-0.05, 0) is 61.9 Å². The van der Waals surface area contributed by atoms with Crippen molar-refractivity contribution in [1.29, 1.82) is 0 Å². The zero-order valence-electron chi connectivity index (χ0n) is 12.8. The van der Waals surface area contributed by atoms with Crippen LogP contribution in [-0.4, -0.2) is 32.9 Å². The molecule has 20 heavy (non-hydrogen) atoms. The molecule has 0 aliphatic heterocycles. The van der Waals surface area contributed by atoms with Gasteiger partial charge in [-0.3, -0.25) is 0 Å². The fourth-order valence-electron chi connectivity index (χ4n) is 2.76. The van der Waals surface area contributed by atoms with E-state index in [-0.39, 0.29) is 0 Å². The highest BCUT2D eigenvalue weighted by Gasteiger charge is 2.18. The van der Waals surface area contributed by atoms with Gasteiger partial charge in [0.25, 0.3) is 0 Å². The van der Waals surface area contributed by atoms with Gasteiger partial charge in [0.1, 0.15) is 5.75 Å². The molecule has 1 aromatic rings. The van der Waals surface area contributed by atoms with Crippen molar-refractivity contribution in [2.24, 2.45) is 0 Å². The predicted octanol–water partition coefficient (Wildman–Crippen LogP) is 2.96. The first-order valence-corrected chi connectivity index (χ1v) is 7.80. The molecule has 3 nitrogen and oxygen atoms in total. The lowest BCUT2D eigenvalue weighted by Crippen LogP contribution is -2.35. The largest absolute Gasteiger partial charge is 0.497 e. The van der Waals surface area contributed by atoms with E-state index in [1.165, 1.54) is 24.0 Å². The van der Waals surface area contributed by atoms with Crippen molar-refractivity contribution in [2.75, 3.05) is 26.9 Å². The van der Waals surface area contributed by atoms with Crippen LogP contribution in [0.5, 0.6) is 5.75 Å². The van der Waals surface area contributed by atoms with Crippen LogP contribution in [0.25, 0.3) is 0 Å². The van der Waals surface area contributed by atoms with Gasteiger partial charge in [-0.25, -0.2) is 0 Å². The predicted molar refractivity (Wildman–Crippen MR) is 82.5 cm³/mol. The van der Waals surface area contributed by atoms with Crippen molar-refractivity contribution in [3.05, 3.63) is 29.3 Å². The summed E-state index contributed by atoms with van der Waals surface area (Å²) in [5.74, 6) is 0.970. The minimum atomic E-state index is 0.598. The van der Waals surface area contributed by atoms with E-state index in [9.17, 15) is 0 Å². The van der Waals surface area contributed by atoms with E-state index >= 15 is 0 Å². The number of nitrogens with one attached hydrogen (secondary N) is 1. The topological polar surface area (TPSA) is 30.5 Å². The molecule has 0 saturated carbocycles. The number of methoxy groups -OCH3 is 1. The average Bonchev–Trinajstić information content (AvgIpc) is 2.50. The van der Waals surface area contributed by atoms with Gasteiger partial charge in [0.05, 0.1) is 7.11 Å². The third-order valence-corrected chi connectivity index (χ3v) is 3.89. The molecule has 1 atom stereocenters. The van der Waals surface area contributed by atoms with Crippen LogP contribution in [0.15, 0.2) is 18.2 Å². The molecule has 0 heterocycles. The van der Waals surface area contributed by atoms with Crippen LogP contribution in [0.1, 0.15) is 37.3 Å². The fraction of sp³-hybridized carbons (Fsp3) is 0.647. The van der Waals surface area contributed by atoms with Gasteiger partial charge >= 0.3 is 0 Å². The molecule has 112 valence electrons. The Morgan fingerprint density at radius 3 is 2.95 bits per heavy atom. The van der Waals surface area contributed by atoms with Crippen LogP contribution in [-0.2, 0) is 17.6 Å². The summed E-state index contributed by atoms with van der Waals surface area (Å²) in [6, 6.07) is 7.06. The molecule has 0 bridgehead atoms. The Hall–Kier alpha value is -1.06. The maximum atomic E-state index is 5.50. The third-order valence-electron chi connectivity index (χ3n) is 3.89. The second-order valence-corrected chi connectivity index (χ2v) is 5.49. The summed E-state index contributed by atoms with van der Waals surface area (Å²) in [7, 11) is 1.73. The maximum absolute atomic E-state index is 5.50. The number of fused-ring (bicyclic) bond motifs is 1. The Bertz CT molecular complexity index is 406. The molecule has 2 rings (SSSR count). The summed E-state index contributed by atoms with van der Waals surface area (Å²) < 4.78 is 10.8. The molecule has 0 spiro atoms. The molecular formula is C17H27NO2. The zero-order chi connectivity index (χ0) is 14.2. The van der Waals surface area contributed by atoms with Crippen LogP contribution >= 0.6 is 0 Å². The Morgan fingerprint density at radius 2 is 2.15 bits per heavy atom. The average molecular weight is 277 g/mol. The van der Waals surface area contributed by atoms with Crippen molar-refractivity contribution in [3.8, 4) is 5.75 Å². The number of rotatable bonds is 8. The second-order valence-electron chi connectivity index (χ2n) is 5.49. The van der Waals surface area contributed by atoms with Gasteiger partial charge in [-0.2, -0.15) is 0 Å². The van der Waals surface area contributed by atoms with E-state index in [0.717, 1.165) is 44.8 Å². The zero-order valence-corrected chi connectivity index (χ0v) is 12.8. The molecule has 0 saturated heterocycles. The minimum Gasteiger partial charge on any atom is -0.497 e. The van der Waals surface area contributed by atoms with E-state index in [4.69, 9.17) is 9.47 Å². The lowest BCUT2D eigenvalue weighted by Gasteiger charge is -2.26. The van der Waals surface area contributed by atoms with Gasteiger partial charge in [-0.15, -0.1) is 0 Å². The van der Waals surface area contributed by atoms with E-state index in [2.05, 4.69) is 30.4 Å². The van der Waals surface area contributed by atoms with Gasteiger partial charge < -0.3 is 14.8 Å². The number of benzene rings is 1. The molecule has 0 fully saturated rings. The van der Waals surface area contributed by atoms with Gasteiger partial charge in [-0.1, -0.05) is 13.0 Å². The second kappa shape index (κ2) is 8.28. The van der Waals surface area contributed by atoms with Crippen molar-refractivity contribution < 1.29 is 9.47 Å². The quantitative estimate of drug-likeness (QED) is 0.741. The summed E-state index contributed by atoms with van der Waals surface area (Å²) in [5, 5.41) is 3.66. The summed E-state index contributed by atoms with van der Waals surface area (Å²) in [4.78, 5) is 0. The summed E-state index contributed by atoms with van der Waals surface area (Å²) in [6.45, 7) is 4.95. The third kappa shape index (κ3) is 4.50. The minimum absolute atomic E-state index is 0.598. The highest BCUT2D eigenvalue weighted by atomic mass is 16.5. The smallest absolute Gasteiger partial charge is 0.119 e. The number of hydrogen-bond donors (Lipinski definition) is 1. The first kappa shape index (κ1) is 15.3. The van der Waals surface area contributed by atoms with Gasteiger partial charge in [0, 0.05) is 19.3 Å². The van der Waals surface area contributed by atoms with Crippen LogP contribution in [0, 0.1) is 0 Å². The Morgan fingerprint density at radius 1 is 1.25 bits per heavy atom. The highest BCUT2D eigenvalue weighted by molar-refractivity contribution is 5.37. The molecule has 1 aromatic carbocycles. The fourth-order valence-corrected chi connectivity index (χ4v) is 2.76. The Balaban J connectivity index is 1.73. The Kier molecular flexibility index (Phi) is 6.34. The van der Waals surface area contributed by atoms with Crippen LogP contribution in [0.4, 0.5) is 0 Å². The first-order valence-electron chi connectivity index (χ1n) is 7.80. The Labute approximate surface area is 122 Å². The SMILES string of the molecule is CCCOCCCNC1CCc2ccc(OC)cc2C1. The van der Waals surface area contributed by atoms with Crippen molar-refractivity contribution >= 4 is 0 Å². The van der Waals surface area contributed by atoms with E-state index in [0.29, 0.717) is 6.04 Å². The van der Waals surface area contributed by atoms with Crippen molar-refractivity contribution in [3.63, 3.8) is 0 Å². The van der Waals surface area contributed by atoms with Gasteiger partial charge in [0.2, 0.25) is 0 Å². The monoisotopic (exact) mass is 277 g/mol. The normalized spacial score (nSPS) is 17.8. The summed E-state index contributed by atoms with van der Waals surface area (Å²) in [6.07, 6.45) is 5.72. The molecular weight excluding hydrogens is 250 g/mol. The standard InChI is InChI=1S/C17H27NO2/c1-3-10-20-11-4-9-18-16-7-5-14-6-8-17(19-2)13-15(14)12-16/h6,8,13,16,18H,3-5,7,9-12H2,1-2H3. The maximum Gasteiger partial charge on any atom is 0.119 e. The van der Waals surface area contributed by atoms with Crippen LogP contribution in [0.3, 0.4) is 0 Å². The number of hydrogen-bond acceptors (Lipinski definition) is 3. The molecule has 1 N–H and O–H groups in total. The van der Waals surface area contributed by atoms with Gasteiger partial charge in [0.15, 0.2) is 0 Å². The number of aryl methyl sites for hydroxylation is 1. The van der Waals surface area contributed by atoms with E-state index in [1.54, 1.807) is 7.11 Å².